The van der Waals surface area contributed by atoms with E-state index in [1.807, 2.05) is 36.4 Å². The summed E-state index contributed by atoms with van der Waals surface area (Å²) < 4.78 is 5.89. The number of halogens is 1. The van der Waals surface area contributed by atoms with Crippen LogP contribution in [0.15, 0.2) is 40.8 Å². The highest BCUT2D eigenvalue weighted by Crippen LogP contribution is 2.29. The van der Waals surface area contributed by atoms with Crippen molar-refractivity contribution >= 4 is 11.6 Å². The van der Waals surface area contributed by atoms with E-state index in [2.05, 4.69) is 4.90 Å². The molecule has 1 fully saturated rings. The van der Waals surface area contributed by atoms with Crippen molar-refractivity contribution in [2.75, 3.05) is 19.7 Å². The lowest BCUT2D eigenvalue weighted by Gasteiger charge is -2.13. The van der Waals surface area contributed by atoms with Crippen molar-refractivity contribution < 1.29 is 9.52 Å². The Balaban J connectivity index is 1.70. The Labute approximate surface area is 123 Å². The third-order valence-corrected chi connectivity index (χ3v) is 4.14. The van der Waals surface area contributed by atoms with Gasteiger partial charge in [-0.2, -0.15) is 0 Å². The van der Waals surface area contributed by atoms with E-state index in [4.69, 9.17) is 21.1 Å². The van der Waals surface area contributed by atoms with Crippen LogP contribution >= 0.6 is 11.6 Å². The van der Waals surface area contributed by atoms with Crippen LogP contribution in [-0.2, 0) is 6.54 Å². The van der Waals surface area contributed by atoms with E-state index >= 15 is 0 Å². The van der Waals surface area contributed by atoms with Gasteiger partial charge in [0, 0.05) is 18.7 Å². The Bertz CT molecular complexity index is 581. The van der Waals surface area contributed by atoms with Gasteiger partial charge in [0.25, 0.3) is 0 Å². The van der Waals surface area contributed by atoms with Crippen LogP contribution in [0.25, 0.3) is 11.3 Å². The topological polar surface area (TPSA) is 36.6 Å². The third-order valence-electron chi connectivity index (χ3n) is 3.81. The van der Waals surface area contributed by atoms with Gasteiger partial charge in [0.15, 0.2) is 0 Å². The second kappa shape index (κ2) is 6.00. The standard InChI is InChI=1S/C16H18ClNO2/c17-15-4-2-1-3-14(15)16-6-5-13(20-16)10-18-8-7-12(9-18)11-19/h1-6,12,19H,7-11H2. The van der Waals surface area contributed by atoms with Gasteiger partial charge in [-0.3, -0.25) is 4.90 Å². The molecule has 1 atom stereocenters. The molecular formula is C16H18ClNO2. The molecule has 0 spiro atoms. The zero-order valence-corrected chi connectivity index (χ0v) is 12.0. The maximum atomic E-state index is 9.17. The molecule has 20 heavy (non-hydrogen) atoms. The summed E-state index contributed by atoms with van der Waals surface area (Å²) in [6.45, 7) is 3.03. The third kappa shape index (κ3) is 2.90. The molecule has 1 N–H and O–H groups in total. The smallest absolute Gasteiger partial charge is 0.135 e. The van der Waals surface area contributed by atoms with Gasteiger partial charge in [-0.1, -0.05) is 23.7 Å². The molecule has 2 heterocycles. The van der Waals surface area contributed by atoms with Gasteiger partial charge in [0.1, 0.15) is 11.5 Å². The van der Waals surface area contributed by atoms with Crippen molar-refractivity contribution in [3.8, 4) is 11.3 Å². The van der Waals surface area contributed by atoms with Crippen LogP contribution in [0.1, 0.15) is 12.2 Å². The van der Waals surface area contributed by atoms with Crippen LogP contribution in [-0.4, -0.2) is 29.7 Å². The lowest BCUT2D eigenvalue weighted by molar-refractivity contribution is 0.216. The fraction of sp³-hybridized carbons (Fsp3) is 0.375. The SMILES string of the molecule is OCC1CCN(Cc2ccc(-c3ccccc3Cl)o2)C1. The van der Waals surface area contributed by atoms with Crippen LogP contribution < -0.4 is 0 Å². The summed E-state index contributed by atoms with van der Waals surface area (Å²) in [5.41, 5.74) is 0.926. The molecule has 1 aliphatic heterocycles. The summed E-state index contributed by atoms with van der Waals surface area (Å²) in [5, 5.41) is 9.87. The van der Waals surface area contributed by atoms with E-state index in [0.717, 1.165) is 43.1 Å². The first-order chi connectivity index (χ1) is 9.76. The highest BCUT2D eigenvalue weighted by molar-refractivity contribution is 6.33. The molecule has 1 aliphatic rings. The van der Waals surface area contributed by atoms with Crippen molar-refractivity contribution in [1.82, 2.24) is 4.90 Å². The molecule has 0 amide bonds. The zero-order chi connectivity index (χ0) is 13.9. The number of aliphatic hydroxyl groups is 1. The van der Waals surface area contributed by atoms with E-state index in [0.29, 0.717) is 10.9 Å². The van der Waals surface area contributed by atoms with Crippen molar-refractivity contribution in [3.63, 3.8) is 0 Å². The molecule has 106 valence electrons. The van der Waals surface area contributed by atoms with E-state index < -0.39 is 0 Å². The Morgan fingerprint density at radius 3 is 2.85 bits per heavy atom. The van der Waals surface area contributed by atoms with Crippen molar-refractivity contribution in [2.45, 2.75) is 13.0 Å². The minimum absolute atomic E-state index is 0.277. The lowest BCUT2D eigenvalue weighted by Crippen LogP contribution is -2.20. The fourth-order valence-electron chi connectivity index (χ4n) is 2.69. The maximum Gasteiger partial charge on any atom is 0.135 e. The number of furan rings is 1. The normalized spacial score (nSPS) is 19.6. The minimum atomic E-state index is 0.277. The number of hydrogen-bond donors (Lipinski definition) is 1. The van der Waals surface area contributed by atoms with Crippen LogP contribution in [0.3, 0.4) is 0 Å². The van der Waals surface area contributed by atoms with Gasteiger partial charge in [0.2, 0.25) is 0 Å². The molecule has 3 rings (SSSR count). The zero-order valence-electron chi connectivity index (χ0n) is 11.3. The fourth-order valence-corrected chi connectivity index (χ4v) is 2.92. The molecule has 3 nitrogen and oxygen atoms in total. The molecule has 1 aromatic heterocycles. The highest BCUT2D eigenvalue weighted by atomic mass is 35.5. The number of aliphatic hydroxyl groups excluding tert-OH is 1. The molecule has 0 aliphatic carbocycles. The Kier molecular flexibility index (Phi) is 4.10. The number of hydrogen-bond acceptors (Lipinski definition) is 3. The molecule has 0 radical (unpaired) electrons. The molecule has 1 saturated heterocycles. The molecule has 1 unspecified atom stereocenters. The summed E-state index contributed by atoms with van der Waals surface area (Å²) >= 11 is 6.18. The molecule has 1 aromatic carbocycles. The average molecular weight is 292 g/mol. The Hall–Kier alpha value is -1.29. The number of rotatable bonds is 4. The Morgan fingerprint density at radius 1 is 1.25 bits per heavy atom. The summed E-state index contributed by atoms with van der Waals surface area (Å²) in [5.74, 6) is 2.16. The summed E-state index contributed by atoms with van der Waals surface area (Å²) in [7, 11) is 0. The first-order valence-electron chi connectivity index (χ1n) is 6.93. The van der Waals surface area contributed by atoms with Gasteiger partial charge < -0.3 is 9.52 Å². The monoisotopic (exact) mass is 291 g/mol. The summed E-state index contributed by atoms with van der Waals surface area (Å²) in [6.07, 6.45) is 1.06. The minimum Gasteiger partial charge on any atom is -0.460 e. The van der Waals surface area contributed by atoms with Crippen molar-refractivity contribution in [3.05, 3.63) is 47.2 Å². The molecule has 2 aromatic rings. The van der Waals surface area contributed by atoms with Crippen LogP contribution in [0.2, 0.25) is 5.02 Å². The second-order valence-corrected chi connectivity index (χ2v) is 5.73. The lowest BCUT2D eigenvalue weighted by atomic mass is 10.1. The number of likely N-dealkylation sites (tertiary alicyclic amines) is 1. The molecule has 4 heteroatoms. The predicted molar refractivity (Wildman–Crippen MR) is 79.6 cm³/mol. The highest BCUT2D eigenvalue weighted by Gasteiger charge is 2.22. The molecule has 0 saturated carbocycles. The van der Waals surface area contributed by atoms with Gasteiger partial charge >= 0.3 is 0 Å². The summed E-state index contributed by atoms with van der Waals surface area (Å²) in [6, 6.07) is 11.7. The van der Waals surface area contributed by atoms with Crippen molar-refractivity contribution in [2.24, 2.45) is 5.92 Å². The van der Waals surface area contributed by atoms with Gasteiger partial charge in [-0.25, -0.2) is 0 Å². The average Bonchev–Trinajstić information content (AvgIpc) is 3.09. The van der Waals surface area contributed by atoms with E-state index in [-0.39, 0.29) is 6.61 Å². The second-order valence-electron chi connectivity index (χ2n) is 5.32. The van der Waals surface area contributed by atoms with Gasteiger partial charge in [-0.05, 0) is 43.1 Å². The van der Waals surface area contributed by atoms with E-state index in [9.17, 15) is 0 Å². The number of benzene rings is 1. The molecule has 0 bridgehead atoms. The van der Waals surface area contributed by atoms with Crippen LogP contribution in [0.5, 0.6) is 0 Å². The van der Waals surface area contributed by atoms with Gasteiger partial charge in [-0.15, -0.1) is 0 Å². The maximum absolute atomic E-state index is 9.17. The summed E-state index contributed by atoms with van der Waals surface area (Å²) in [4.78, 5) is 2.32. The van der Waals surface area contributed by atoms with Gasteiger partial charge in [0.05, 0.1) is 11.6 Å². The molecular weight excluding hydrogens is 274 g/mol. The first-order valence-corrected chi connectivity index (χ1v) is 7.31. The van der Waals surface area contributed by atoms with Crippen LogP contribution in [0, 0.1) is 5.92 Å². The number of nitrogens with zero attached hydrogens (tertiary/aromatic N) is 1. The van der Waals surface area contributed by atoms with Crippen molar-refractivity contribution in [1.29, 1.82) is 0 Å². The predicted octanol–water partition coefficient (Wildman–Crippen LogP) is 3.41. The largest absolute Gasteiger partial charge is 0.460 e. The van der Waals surface area contributed by atoms with Crippen LogP contribution in [0.4, 0.5) is 0 Å². The first kappa shape index (κ1) is 13.7. The van der Waals surface area contributed by atoms with E-state index in [1.54, 1.807) is 0 Å². The Morgan fingerprint density at radius 2 is 2.10 bits per heavy atom. The van der Waals surface area contributed by atoms with E-state index in [1.165, 1.54) is 0 Å². The quantitative estimate of drug-likeness (QED) is 0.938.